The number of hydrogen-bond acceptors (Lipinski definition) is 5. The molecule has 0 bridgehead atoms. The van der Waals surface area contributed by atoms with Crippen molar-refractivity contribution in [3.8, 4) is 16.9 Å². The second-order valence-electron chi connectivity index (χ2n) is 8.35. The van der Waals surface area contributed by atoms with Crippen molar-refractivity contribution in [3.05, 3.63) is 83.4 Å². The Morgan fingerprint density at radius 1 is 0.939 bits per heavy atom. The largest absolute Gasteiger partial charge is 0.507 e. The van der Waals surface area contributed by atoms with Gasteiger partial charge in [-0.2, -0.15) is 0 Å². The molecule has 0 radical (unpaired) electrons. The van der Waals surface area contributed by atoms with Crippen molar-refractivity contribution in [1.82, 2.24) is 4.90 Å². The molecule has 1 fully saturated rings. The van der Waals surface area contributed by atoms with Gasteiger partial charge in [-0.3, -0.25) is 9.69 Å². The van der Waals surface area contributed by atoms with Crippen LogP contribution in [0.4, 0.5) is 5.69 Å². The lowest BCUT2D eigenvalue weighted by Crippen LogP contribution is -2.39. The average Bonchev–Trinajstić information content (AvgIpc) is 2.82. The van der Waals surface area contributed by atoms with Gasteiger partial charge in [0.05, 0.1) is 16.8 Å². The molecule has 1 amide bonds. The van der Waals surface area contributed by atoms with Crippen LogP contribution in [0, 0.1) is 0 Å². The molecule has 1 aliphatic rings. The zero-order chi connectivity index (χ0) is 23.4. The van der Waals surface area contributed by atoms with Crippen LogP contribution < -0.4 is 11.1 Å². The number of phenols is 1. The van der Waals surface area contributed by atoms with Gasteiger partial charge >= 0.3 is 5.97 Å². The molecule has 0 atom stereocenters. The maximum absolute atomic E-state index is 13.1. The number of likely N-dealkylation sites (tertiary alicyclic amines) is 1. The number of carboxylic acids is 1. The highest BCUT2D eigenvalue weighted by molar-refractivity contribution is 6.09. The molecule has 33 heavy (non-hydrogen) atoms. The summed E-state index contributed by atoms with van der Waals surface area (Å²) in [6, 6.07) is 19.5. The first-order valence-electron chi connectivity index (χ1n) is 10.9. The Labute approximate surface area is 192 Å². The SMILES string of the molecule is NC1CCN(Cc2ccc(O)c(C(=O)Nc3cc(-c4ccccc4)ccc3C(=O)O)c2)CC1. The Kier molecular flexibility index (Phi) is 6.72. The molecule has 5 N–H and O–H groups in total. The van der Waals surface area contributed by atoms with Crippen molar-refractivity contribution >= 4 is 17.6 Å². The number of nitrogens with zero attached hydrogens (tertiary/aromatic N) is 1. The van der Waals surface area contributed by atoms with E-state index in [-0.39, 0.29) is 28.6 Å². The summed E-state index contributed by atoms with van der Waals surface area (Å²) in [7, 11) is 0. The van der Waals surface area contributed by atoms with Crippen molar-refractivity contribution in [2.24, 2.45) is 5.73 Å². The summed E-state index contributed by atoms with van der Waals surface area (Å²) < 4.78 is 0. The molecule has 4 rings (SSSR count). The van der Waals surface area contributed by atoms with E-state index in [1.807, 2.05) is 30.3 Å². The number of benzene rings is 3. The molecule has 3 aromatic carbocycles. The van der Waals surface area contributed by atoms with E-state index in [4.69, 9.17) is 5.73 Å². The predicted octanol–water partition coefficient (Wildman–Crippen LogP) is 3.93. The standard InChI is InChI=1S/C26H27N3O4/c27-20-10-12-29(13-11-20)16-17-6-9-24(30)22(14-17)25(31)28-23-15-19(7-8-21(23)26(32)33)18-4-2-1-3-5-18/h1-9,14-15,20,30H,10-13,16,27H2,(H,28,31)(H,32,33). The summed E-state index contributed by atoms with van der Waals surface area (Å²) in [5.41, 5.74) is 8.79. The van der Waals surface area contributed by atoms with E-state index in [0.717, 1.165) is 42.6 Å². The lowest BCUT2D eigenvalue weighted by atomic mass is 10.0. The van der Waals surface area contributed by atoms with Crippen LogP contribution in [0.3, 0.4) is 0 Å². The quantitative estimate of drug-likeness (QED) is 0.457. The van der Waals surface area contributed by atoms with Crippen LogP contribution in [0.2, 0.25) is 0 Å². The lowest BCUT2D eigenvalue weighted by molar-refractivity contribution is 0.0698. The fourth-order valence-electron chi connectivity index (χ4n) is 4.07. The second-order valence-corrected chi connectivity index (χ2v) is 8.35. The first-order valence-corrected chi connectivity index (χ1v) is 10.9. The van der Waals surface area contributed by atoms with Gasteiger partial charge in [-0.25, -0.2) is 4.79 Å². The number of anilines is 1. The summed E-state index contributed by atoms with van der Waals surface area (Å²) in [5.74, 6) is -1.87. The van der Waals surface area contributed by atoms with E-state index in [9.17, 15) is 19.8 Å². The van der Waals surface area contributed by atoms with E-state index in [0.29, 0.717) is 6.54 Å². The third kappa shape index (κ3) is 5.39. The summed E-state index contributed by atoms with van der Waals surface area (Å²) in [6.07, 6.45) is 1.86. The Bertz CT molecular complexity index is 1160. The highest BCUT2D eigenvalue weighted by atomic mass is 16.4. The van der Waals surface area contributed by atoms with Crippen LogP contribution in [0.5, 0.6) is 5.75 Å². The minimum Gasteiger partial charge on any atom is -0.507 e. The van der Waals surface area contributed by atoms with Crippen LogP contribution in [0.1, 0.15) is 39.1 Å². The number of carbonyl (C=O) groups excluding carboxylic acids is 1. The van der Waals surface area contributed by atoms with E-state index in [1.54, 1.807) is 24.3 Å². The van der Waals surface area contributed by atoms with Gasteiger partial charge in [0.2, 0.25) is 0 Å². The number of phenolic OH excluding ortho intramolecular Hbond substituents is 1. The Hall–Kier alpha value is -3.68. The predicted molar refractivity (Wildman–Crippen MR) is 127 cm³/mol. The third-order valence-electron chi connectivity index (χ3n) is 5.95. The molecular formula is C26H27N3O4. The number of nitrogens with two attached hydrogens (primary N) is 1. The summed E-state index contributed by atoms with van der Waals surface area (Å²) >= 11 is 0. The van der Waals surface area contributed by atoms with Crippen molar-refractivity contribution < 1.29 is 19.8 Å². The van der Waals surface area contributed by atoms with Gasteiger partial charge in [-0.15, -0.1) is 0 Å². The van der Waals surface area contributed by atoms with Gasteiger partial charge < -0.3 is 21.3 Å². The van der Waals surface area contributed by atoms with Gasteiger partial charge in [0, 0.05) is 12.6 Å². The van der Waals surface area contributed by atoms with Gasteiger partial charge in [0.25, 0.3) is 5.91 Å². The Balaban J connectivity index is 1.58. The first kappa shape index (κ1) is 22.5. The summed E-state index contributed by atoms with van der Waals surface area (Å²) in [4.78, 5) is 27.1. The van der Waals surface area contributed by atoms with Gasteiger partial charge in [-0.1, -0.05) is 42.5 Å². The number of nitrogens with one attached hydrogen (secondary N) is 1. The number of amides is 1. The Morgan fingerprint density at radius 3 is 2.36 bits per heavy atom. The van der Waals surface area contributed by atoms with Gasteiger partial charge in [0.1, 0.15) is 5.75 Å². The number of carboxylic acid groups (broad SMARTS) is 1. The zero-order valence-electron chi connectivity index (χ0n) is 18.2. The topological polar surface area (TPSA) is 116 Å². The minimum absolute atomic E-state index is 0.0247. The molecule has 0 saturated carbocycles. The van der Waals surface area contributed by atoms with Crippen molar-refractivity contribution in [1.29, 1.82) is 0 Å². The van der Waals surface area contributed by atoms with Crippen molar-refractivity contribution in [2.75, 3.05) is 18.4 Å². The van der Waals surface area contributed by atoms with Crippen LogP contribution in [0.25, 0.3) is 11.1 Å². The van der Waals surface area contributed by atoms with E-state index >= 15 is 0 Å². The normalized spacial score (nSPS) is 14.7. The van der Waals surface area contributed by atoms with Crippen LogP contribution in [0.15, 0.2) is 66.7 Å². The molecule has 0 spiro atoms. The number of aromatic hydroxyl groups is 1. The maximum atomic E-state index is 13.1. The molecular weight excluding hydrogens is 418 g/mol. The zero-order valence-corrected chi connectivity index (χ0v) is 18.2. The number of hydrogen-bond donors (Lipinski definition) is 4. The molecule has 1 saturated heterocycles. The molecule has 3 aromatic rings. The van der Waals surface area contributed by atoms with Crippen LogP contribution in [-0.2, 0) is 6.54 Å². The molecule has 7 heteroatoms. The van der Waals surface area contributed by atoms with Crippen molar-refractivity contribution in [2.45, 2.75) is 25.4 Å². The summed E-state index contributed by atoms with van der Waals surface area (Å²) in [5, 5.41) is 22.6. The first-order chi connectivity index (χ1) is 15.9. The number of aromatic carboxylic acids is 1. The number of rotatable bonds is 6. The highest BCUT2D eigenvalue weighted by Gasteiger charge is 2.20. The smallest absolute Gasteiger partial charge is 0.337 e. The summed E-state index contributed by atoms with van der Waals surface area (Å²) in [6.45, 7) is 2.42. The molecule has 7 nitrogen and oxygen atoms in total. The minimum atomic E-state index is -1.15. The van der Waals surface area contributed by atoms with E-state index in [2.05, 4.69) is 10.2 Å². The van der Waals surface area contributed by atoms with E-state index < -0.39 is 11.9 Å². The highest BCUT2D eigenvalue weighted by Crippen LogP contribution is 2.28. The van der Waals surface area contributed by atoms with Crippen LogP contribution >= 0.6 is 0 Å². The molecule has 170 valence electrons. The second kappa shape index (κ2) is 9.85. The van der Waals surface area contributed by atoms with Gasteiger partial charge in [-0.05, 0) is 66.9 Å². The van der Waals surface area contributed by atoms with E-state index in [1.165, 1.54) is 12.1 Å². The molecule has 0 aromatic heterocycles. The molecule has 0 unspecified atom stereocenters. The maximum Gasteiger partial charge on any atom is 0.337 e. The Morgan fingerprint density at radius 2 is 1.67 bits per heavy atom. The lowest BCUT2D eigenvalue weighted by Gasteiger charge is -2.30. The van der Waals surface area contributed by atoms with Crippen molar-refractivity contribution in [3.63, 3.8) is 0 Å². The molecule has 1 heterocycles. The number of carbonyl (C=O) groups is 2. The van der Waals surface area contributed by atoms with Crippen LogP contribution in [-0.4, -0.2) is 46.1 Å². The van der Waals surface area contributed by atoms with Gasteiger partial charge in [0.15, 0.2) is 0 Å². The fraction of sp³-hybridized carbons (Fsp3) is 0.231. The monoisotopic (exact) mass is 445 g/mol. The fourth-order valence-corrected chi connectivity index (χ4v) is 4.07. The third-order valence-corrected chi connectivity index (χ3v) is 5.95. The molecule has 1 aliphatic heterocycles. The molecule has 0 aliphatic carbocycles. The average molecular weight is 446 g/mol. The number of piperidine rings is 1.